The molecular weight excluding hydrogens is 338 g/mol. The van der Waals surface area contributed by atoms with Crippen LogP contribution in [0.4, 0.5) is 0 Å². The SMILES string of the molecule is CC(C)[C@@H](NC(=O)Cc1ccc2c(c1)OCC2)c1nc2ccccc2n1C. The summed E-state index contributed by atoms with van der Waals surface area (Å²) in [4.78, 5) is 17.5. The number of aryl methyl sites for hydroxylation is 1. The highest BCUT2D eigenvalue weighted by Crippen LogP contribution is 2.27. The number of hydrogen-bond donors (Lipinski definition) is 1. The molecule has 0 aliphatic carbocycles. The Balaban J connectivity index is 1.54. The van der Waals surface area contributed by atoms with Gasteiger partial charge in [-0.3, -0.25) is 4.79 Å². The maximum Gasteiger partial charge on any atom is 0.225 e. The smallest absolute Gasteiger partial charge is 0.225 e. The fraction of sp³-hybridized carbons (Fsp3) is 0.364. The van der Waals surface area contributed by atoms with Gasteiger partial charge in [-0.2, -0.15) is 0 Å². The third kappa shape index (κ3) is 3.42. The Hall–Kier alpha value is -2.82. The average molecular weight is 363 g/mol. The van der Waals surface area contributed by atoms with Gasteiger partial charge >= 0.3 is 0 Å². The van der Waals surface area contributed by atoms with E-state index in [1.165, 1.54) is 5.56 Å². The number of hydrogen-bond acceptors (Lipinski definition) is 3. The number of imidazole rings is 1. The zero-order valence-electron chi connectivity index (χ0n) is 16.0. The van der Waals surface area contributed by atoms with E-state index in [1.807, 2.05) is 37.4 Å². The van der Waals surface area contributed by atoms with Crippen LogP contribution in [0.25, 0.3) is 11.0 Å². The molecule has 1 aliphatic rings. The van der Waals surface area contributed by atoms with Crippen LogP contribution in [0.15, 0.2) is 42.5 Å². The molecule has 1 aromatic heterocycles. The maximum absolute atomic E-state index is 12.7. The molecule has 0 bridgehead atoms. The maximum atomic E-state index is 12.7. The summed E-state index contributed by atoms with van der Waals surface area (Å²) >= 11 is 0. The van der Waals surface area contributed by atoms with Crippen LogP contribution in [0.5, 0.6) is 5.75 Å². The normalized spacial score (nSPS) is 14.2. The van der Waals surface area contributed by atoms with Gasteiger partial charge in [-0.15, -0.1) is 0 Å². The van der Waals surface area contributed by atoms with Crippen molar-refractivity contribution < 1.29 is 9.53 Å². The van der Waals surface area contributed by atoms with Crippen molar-refractivity contribution in [2.45, 2.75) is 32.7 Å². The molecule has 1 amide bonds. The Labute approximate surface area is 159 Å². The number of carbonyl (C=O) groups is 1. The molecule has 5 heteroatoms. The number of benzene rings is 2. The van der Waals surface area contributed by atoms with Gasteiger partial charge in [-0.05, 0) is 35.2 Å². The fourth-order valence-electron chi connectivity index (χ4n) is 3.70. The van der Waals surface area contributed by atoms with Crippen LogP contribution in [0.2, 0.25) is 0 Å². The monoisotopic (exact) mass is 363 g/mol. The van der Waals surface area contributed by atoms with Crippen molar-refractivity contribution in [1.29, 1.82) is 0 Å². The Morgan fingerprint density at radius 3 is 2.85 bits per heavy atom. The van der Waals surface area contributed by atoms with Crippen molar-refractivity contribution in [1.82, 2.24) is 14.9 Å². The molecule has 4 rings (SSSR count). The summed E-state index contributed by atoms with van der Waals surface area (Å²) in [6.07, 6.45) is 1.29. The summed E-state index contributed by atoms with van der Waals surface area (Å²) < 4.78 is 7.69. The van der Waals surface area contributed by atoms with Crippen molar-refractivity contribution in [2.75, 3.05) is 6.61 Å². The summed E-state index contributed by atoms with van der Waals surface area (Å²) in [6, 6.07) is 14.0. The van der Waals surface area contributed by atoms with E-state index in [4.69, 9.17) is 9.72 Å². The van der Waals surface area contributed by atoms with E-state index in [2.05, 4.69) is 35.9 Å². The highest BCUT2D eigenvalue weighted by molar-refractivity contribution is 5.80. The number of nitrogens with one attached hydrogen (secondary N) is 1. The molecule has 2 heterocycles. The molecule has 0 fully saturated rings. The van der Waals surface area contributed by atoms with Crippen molar-refractivity contribution in [2.24, 2.45) is 13.0 Å². The van der Waals surface area contributed by atoms with Gasteiger partial charge in [0, 0.05) is 13.5 Å². The third-order valence-electron chi connectivity index (χ3n) is 5.21. The Morgan fingerprint density at radius 2 is 2.07 bits per heavy atom. The van der Waals surface area contributed by atoms with Gasteiger partial charge < -0.3 is 14.6 Å². The molecule has 1 aliphatic heterocycles. The molecule has 1 N–H and O–H groups in total. The molecule has 0 spiro atoms. The predicted octanol–water partition coefficient (Wildman–Crippen LogP) is 3.56. The van der Waals surface area contributed by atoms with Crippen LogP contribution in [-0.4, -0.2) is 22.1 Å². The Kier molecular flexibility index (Phi) is 4.60. The lowest BCUT2D eigenvalue weighted by Crippen LogP contribution is -2.34. The van der Waals surface area contributed by atoms with Crippen LogP contribution < -0.4 is 10.1 Å². The van der Waals surface area contributed by atoms with Gasteiger partial charge in [0.05, 0.1) is 30.1 Å². The molecule has 140 valence electrons. The van der Waals surface area contributed by atoms with E-state index in [-0.39, 0.29) is 17.9 Å². The van der Waals surface area contributed by atoms with Crippen molar-refractivity contribution in [3.05, 3.63) is 59.4 Å². The Bertz CT molecular complexity index is 990. The lowest BCUT2D eigenvalue weighted by Gasteiger charge is -2.22. The second-order valence-electron chi connectivity index (χ2n) is 7.52. The minimum Gasteiger partial charge on any atom is -0.493 e. The van der Waals surface area contributed by atoms with Gasteiger partial charge in [0.25, 0.3) is 0 Å². The topological polar surface area (TPSA) is 56.1 Å². The van der Waals surface area contributed by atoms with Gasteiger partial charge in [0.1, 0.15) is 11.6 Å². The van der Waals surface area contributed by atoms with Gasteiger partial charge in [-0.25, -0.2) is 4.98 Å². The number of amides is 1. The predicted molar refractivity (Wildman–Crippen MR) is 106 cm³/mol. The number of nitrogens with zero attached hydrogens (tertiary/aromatic N) is 2. The number of para-hydroxylation sites is 2. The minimum absolute atomic E-state index is 0.00120. The van der Waals surface area contributed by atoms with Gasteiger partial charge in [0.15, 0.2) is 0 Å². The quantitative estimate of drug-likeness (QED) is 0.754. The molecule has 27 heavy (non-hydrogen) atoms. The highest BCUT2D eigenvalue weighted by atomic mass is 16.5. The zero-order valence-corrected chi connectivity index (χ0v) is 16.0. The third-order valence-corrected chi connectivity index (χ3v) is 5.21. The Morgan fingerprint density at radius 1 is 1.26 bits per heavy atom. The van der Waals surface area contributed by atoms with Crippen molar-refractivity contribution in [3.8, 4) is 5.75 Å². The van der Waals surface area contributed by atoms with E-state index >= 15 is 0 Å². The molecule has 3 aromatic rings. The zero-order chi connectivity index (χ0) is 19.0. The molecule has 0 unspecified atom stereocenters. The van der Waals surface area contributed by atoms with E-state index in [0.29, 0.717) is 6.42 Å². The minimum atomic E-state index is -0.138. The molecular formula is C22H25N3O2. The summed E-state index contributed by atoms with van der Waals surface area (Å²) in [5.74, 6) is 2.03. The first-order valence-electron chi connectivity index (χ1n) is 9.48. The summed E-state index contributed by atoms with van der Waals surface area (Å²) in [7, 11) is 2.00. The van der Waals surface area contributed by atoms with Crippen LogP contribution in [0, 0.1) is 5.92 Å². The number of carbonyl (C=O) groups excluding carboxylic acids is 1. The van der Waals surface area contributed by atoms with Gasteiger partial charge in [-0.1, -0.05) is 38.1 Å². The number of rotatable bonds is 5. The second-order valence-corrected chi connectivity index (χ2v) is 7.52. The fourth-order valence-corrected chi connectivity index (χ4v) is 3.70. The number of ether oxygens (including phenoxy) is 1. The number of aromatic nitrogens is 2. The number of fused-ring (bicyclic) bond motifs is 2. The van der Waals surface area contributed by atoms with Crippen molar-refractivity contribution in [3.63, 3.8) is 0 Å². The summed E-state index contributed by atoms with van der Waals surface area (Å²) in [5.41, 5.74) is 4.22. The van der Waals surface area contributed by atoms with E-state index in [1.54, 1.807) is 0 Å². The summed E-state index contributed by atoms with van der Waals surface area (Å²) in [6.45, 7) is 4.94. The average Bonchev–Trinajstić information content (AvgIpc) is 3.24. The lowest BCUT2D eigenvalue weighted by atomic mass is 10.0. The first-order valence-corrected chi connectivity index (χ1v) is 9.48. The molecule has 0 radical (unpaired) electrons. The van der Waals surface area contributed by atoms with E-state index < -0.39 is 0 Å². The summed E-state index contributed by atoms with van der Waals surface area (Å²) in [5, 5.41) is 3.19. The largest absolute Gasteiger partial charge is 0.493 e. The highest BCUT2D eigenvalue weighted by Gasteiger charge is 2.24. The second kappa shape index (κ2) is 7.06. The standard InChI is InChI=1S/C22H25N3O2/c1-14(2)21(22-23-17-6-4-5-7-18(17)25(22)3)24-20(26)13-15-8-9-16-10-11-27-19(16)12-15/h4-9,12,14,21H,10-11,13H2,1-3H3,(H,24,26)/t21-/m1/s1. The molecule has 1 atom stereocenters. The van der Waals surface area contributed by atoms with E-state index in [0.717, 1.165) is 41.2 Å². The van der Waals surface area contributed by atoms with E-state index in [9.17, 15) is 4.79 Å². The van der Waals surface area contributed by atoms with Crippen LogP contribution in [0.3, 0.4) is 0 Å². The molecule has 2 aromatic carbocycles. The molecule has 5 nitrogen and oxygen atoms in total. The molecule has 0 saturated heterocycles. The first kappa shape index (κ1) is 17.6. The van der Waals surface area contributed by atoms with Crippen LogP contribution >= 0.6 is 0 Å². The van der Waals surface area contributed by atoms with Gasteiger partial charge in [0.2, 0.25) is 5.91 Å². The van der Waals surface area contributed by atoms with Crippen molar-refractivity contribution >= 4 is 16.9 Å². The van der Waals surface area contributed by atoms with Crippen LogP contribution in [-0.2, 0) is 24.7 Å². The first-order chi connectivity index (χ1) is 13.0. The lowest BCUT2D eigenvalue weighted by molar-refractivity contribution is -0.121. The van der Waals surface area contributed by atoms with Crippen LogP contribution in [0.1, 0.15) is 36.8 Å². The molecule has 0 saturated carbocycles.